The Labute approximate surface area is 179 Å². The van der Waals surface area contributed by atoms with Crippen molar-refractivity contribution < 1.29 is 19.0 Å². The summed E-state index contributed by atoms with van der Waals surface area (Å²) < 4.78 is 15.9. The molecule has 156 valence electrons. The topological polar surface area (TPSA) is 82.0 Å². The number of benzene rings is 2. The fourth-order valence-corrected chi connectivity index (χ4v) is 3.26. The Balaban J connectivity index is 1.60. The second kappa shape index (κ2) is 11.0. The smallest absolute Gasteiger partial charge is 0.309 e. The number of thiazole rings is 1. The molecule has 7 nitrogen and oxygen atoms in total. The van der Waals surface area contributed by atoms with Gasteiger partial charge >= 0.3 is 5.97 Å². The molecule has 1 aromatic heterocycles. The standard InChI is InChI=1S/C22H23N3O4S/c1-3-28-21(26)11-12-29-20-13-16(9-10-19(20)27-2)14-23-25-22-24-18(15-30-22)17-7-5-4-6-8-17/h4-10,13-15H,3,11-12H2,1-2H3,(H,24,25). The van der Waals surface area contributed by atoms with E-state index in [9.17, 15) is 4.79 Å². The van der Waals surface area contributed by atoms with Crippen LogP contribution in [0.3, 0.4) is 0 Å². The number of hydrogen-bond donors (Lipinski definition) is 1. The first-order chi connectivity index (χ1) is 14.7. The summed E-state index contributed by atoms with van der Waals surface area (Å²) in [6, 6.07) is 15.4. The molecule has 8 heteroatoms. The lowest BCUT2D eigenvalue weighted by atomic mass is 10.2. The van der Waals surface area contributed by atoms with E-state index in [0.29, 0.717) is 23.2 Å². The van der Waals surface area contributed by atoms with Crippen LogP contribution in [0.25, 0.3) is 11.3 Å². The van der Waals surface area contributed by atoms with Gasteiger partial charge in [-0.15, -0.1) is 11.3 Å². The lowest BCUT2D eigenvalue weighted by Gasteiger charge is -2.11. The minimum Gasteiger partial charge on any atom is -0.493 e. The van der Waals surface area contributed by atoms with Crippen LogP contribution < -0.4 is 14.9 Å². The molecule has 1 heterocycles. The van der Waals surface area contributed by atoms with Crippen LogP contribution in [0.15, 0.2) is 59.0 Å². The summed E-state index contributed by atoms with van der Waals surface area (Å²) >= 11 is 1.48. The molecule has 0 saturated heterocycles. The summed E-state index contributed by atoms with van der Waals surface area (Å²) in [7, 11) is 1.57. The zero-order valence-corrected chi connectivity index (χ0v) is 17.6. The van der Waals surface area contributed by atoms with E-state index < -0.39 is 0 Å². The Morgan fingerprint density at radius 2 is 2.03 bits per heavy atom. The molecule has 0 radical (unpaired) electrons. The van der Waals surface area contributed by atoms with Crippen molar-refractivity contribution in [1.82, 2.24) is 4.98 Å². The third-order valence-electron chi connectivity index (χ3n) is 4.00. The molecule has 0 atom stereocenters. The second-order valence-electron chi connectivity index (χ2n) is 6.09. The molecular formula is C22H23N3O4S. The first-order valence-corrected chi connectivity index (χ1v) is 10.3. The molecule has 1 N–H and O–H groups in total. The van der Waals surface area contributed by atoms with Gasteiger partial charge in [0, 0.05) is 10.9 Å². The Morgan fingerprint density at radius 1 is 1.20 bits per heavy atom. The van der Waals surface area contributed by atoms with Crippen LogP contribution in [0.2, 0.25) is 0 Å². The average molecular weight is 426 g/mol. The summed E-state index contributed by atoms with van der Waals surface area (Å²) in [6.07, 6.45) is 1.84. The fraction of sp³-hybridized carbons (Fsp3) is 0.227. The van der Waals surface area contributed by atoms with Crippen molar-refractivity contribution in [3.8, 4) is 22.8 Å². The Hall–Kier alpha value is -3.39. The van der Waals surface area contributed by atoms with Crippen molar-refractivity contribution in [2.75, 3.05) is 25.7 Å². The highest BCUT2D eigenvalue weighted by Gasteiger charge is 2.08. The van der Waals surface area contributed by atoms with Crippen molar-refractivity contribution in [2.24, 2.45) is 5.10 Å². The van der Waals surface area contributed by atoms with Gasteiger partial charge < -0.3 is 14.2 Å². The van der Waals surface area contributed by atoms with Gasteiger partial charge in [-0.25, -0.2) is 4.98 Å². The largest absolute Gasteiger partial charge is 0.493 e. The first-order valence-electron chi connectivity index (χ1n) is 9.46. The quantitative estimate of drug-likeness (QED) is 0.290. The van der Waals surface area contributed by atoms with E-state index in [0.717, 1.165) is 16.8 Å². The number of carbonyl (C=O) groups excluding carboxylic acids is 1. The third-order valence-corrected chi connectivity index (χ3v) is 4.75. The van der Waals surface area contributed by atoms with Gasteiger partial charge in [0.25, 0.3) is 0 Å². The molecule has 3 aromatic rings. The highest BCUT2D eigenvalue weighted by molar-refractivity contribution is 7.14. The molecule has 30 heavy (non-hydrogen) atoms. The van der Waals surface area contributed by atoms with Crippen LogP contribution in [0.5, 0.6) is 11.5 Å². The fourth-order valence-electron chi connectivity index (χ4n) is 2.59. The molecule has 0 aliphatic heterocycles. The van der Waals surface area contributed by atoms with E-state index in [1.807, 2.05) is 41.8 Å². The minimum absolute atomic E-state index is 0.171. The molecular weight excluding hydrogens is 402 g/mol. The maximum absolute atomic E-state index is 11.5. The molecule has 0 bridgehead atoms. The number of hydrazone groups is 1. The van der Waals surface area contributed by atoms with E-state index in [1.54, 1.807) is 32.4 Å². The molecule has 0 saturated carbocycles. The highest BCUT2D eigenvalue weighted by atomic mass is 32.1. The maximum Gasteiger partial charge on any atom is 0.309 e. The second-order valence-corrected chi connectivity index (χ2v) is 6.95. The Bertz CT molecular complexity index is 989. The summed E-state index contributed by atoms with van der Waals surface area (Å²) in [5.74, 6) is 0.819. The molecule has 0 aliphatic carbocycles. The van der Waals surface area contributed by atoms with Gasteiger partial charge in [-0.1, -0.05) is 30.3 Å². The van der Waals surface area contributed by atoms with Gasteiger partial charge in [0.1, 0.15) is 0 Å². The summed E-state index contributed by atoms with van der Waals surface area (Å²) in [4.78, 5) is 16.0. The van der Waals surface area contributed by atoms with Gasteiger partial charge in [-0.3, -0.25) is 10.2 Å². The minimum atomic E-state index is -0.295. The number of nitrogens with one attached hydrogen (secondary N) is 1. The molecule has 0 spiro atoms. The molecule has 0 fully saturated rings. The summed E-state index contributed by atoms with van der Waals surface area (Å²) in [5.41, 5.74) is 5.72. The van der Waals surface area contributed by atoms with Gasteiger partial charge in [0.2, 0.25) is 5.13 Å². The Morgan fingerprint density at radius 3 is 2.80 bits per heavy atom. The van der Waals surface area contributed by atoms with Crippen molar-refractivity contribution >= 4 is 28.7 Å². The van der Waals surface area contributed by atoms with Crippen molar-refractivity contribution in [3.63, 3.8) is 0 Å². The van der Waals surface area contributed by atoms with Crippen LogP contribution in [-0.4, -0.2) is 37.5 Å². The predicted molar refractivity (Wildman–Crippen MR) is 119 cm³/mol. The number of carbonyl (C=O) groups is 1. The van der Waals surface area contributed by atoms with Gasteiger partial charge in [0.05, 0.1) is 38.7 Å². The van der Waals surface area contributed by atoms with Crippen LogP contribution in [0.4, 0.5) is 5.13 Å². The molecule has 3 rings (SSSR count). The van der Waals surface area contributed by atoms with Gasteiger partial charge in [0.15, 0.2) is 11.5 Å². The summed E-state index contributed by atoms with van der Waals surface area (Å²) in [5, 5.41) is 6.93. The first kappa shape index (κ1) is 21.3. The van der Waals surface area contributed by atoms with Crippen LogP contribution in [0, 0.1) is 0 Å². The predicted octanol–water partition coefficient (Wildman–Crippen LogP) is 4.60. The zero-order chi connectivity index (χ0) is 21.2. The van der Waals surface area contributed by atoms with Crippen molar-refractivity contribution in [2.45, 2.75) is 13.3 Å². The van der Waals surface area contributed by atoms with E-state index in [2.05, 4.69) is 15.5 Å². The number of aromatic nitrogens is 1. The molecule has 0 amide bonds. The molecule has 0 aliphatic rings. The normalized spacial score (nSPS) is 10.7. The number of methoxy groups -OCH3 is 1. The number of esters is 1. The number of nitrogens with zero attached hydrogens (tertiary/aromatic N) is 2. The summed E-state index contributed by atoms with van der Waals surface area (Å²) in [6.45, 7) is 2.33. The number of hydrogen-bond acceptors (Lipinski definition) is 8. The third kappa shape index (κ3) is 6.05. The highest BCUT2D eigenvalue weighted by Crippen LogP contribution is 2.28. The number of rotatable bonds is 10. The maximum atomic E-state index is 11.5. The van der Waals surface area contributed by atoms with E-state index in [4.69, 9.17) is 14.2 Å². The lowest BCUT2D eigenvalue weighted by molar-refractivity contribution is -0.143. The number of anilines is 1. The lowest BCUT2D eigenvalue weighted by Crippen LogP contribution is -2.10. The Kier molecular flexibility index (Phi) is 7.79. The molecule has 2 aromatic carbocycles. The average Bonchev–Trinajstić information content (AvgIpc) is 3.24. The van der Waals surface area contributed by atoms with Crippen LogP contribution >= 0.6 is 11.3 Å². The van der Waals surface area contributed by atoms with E-state index >= 15 is 0 Å². The zero-order valence-electron chi connectivity index (χ0n) is 16.8. The van der Waals surface area contributed by atoms with Crippen molar-refractivity contribution in [1.29, 1.82) is 0 Å². The van der Waals surface area contributed by atoms with Crippen LogP contribution in [-0.2, 0) is 9.53 Å². The van der Waals surface area contributed by atoms with Crippen molar-refractivity contribution in [3.05, 3.63) is 59.5 Å². The number of ether oxygens (including phenoxy) is 3. The van der Waals surface area contributed by atoms with Gasteiger partial charge in [-0.05, 0) is 30.7 Å². The van der Waals surface area contributed by atoms with E-state index in [-0.39, 0.29) is 19.0 Å². The van der Waals surface area contributed by atoms with Crippen LogP contribution in [0.1, 0.15) is 18.9 Å². The van der Waals surface area contributed by atoms with Gasteiger partial charge in [-0.2, -0.15) is 5.10 Å². The monoisotopic (exact) mass is 425 g/mol. The molecule has 0 unspecified atom stereocenters. The SMILES string of the molecule is CCOC(=O)CCOc1cc(C=NNc2nc(-c3ccccc3)cs2)ccc1OC. The van der Waals surface area contributed by atoms with E-state index in [1.165, 1.54) is 11.3 Å².